The van der Waals surface area contributed by atoms with Gasteiger partial charge in [0.15, 0.2) is 0 Å². The largest absolute Gasteiger partial charge is 0.483 e. The van der Waals surface area contributed by atoms with Gasteiger partial charge >= 0.3 is 5.69 Å². The molecular formula is C21H24N4O5. The minimum absolute atomic E-state index is 0.0436. The van der Waals surface area contributed by atoms with Gasteiger partial charge in [-0.25, -0.2) is 4.79 Å². The lowest BCUT2D eigenvalue weighted by atomic mass is 9.91. The Bertz CT molecular complexity index is 1090. The van der Waals surface area contributed by atoms with Crippen LogP contribution in [0.2, 0.25) is 0 Å². The fourth-order valence-corrected chi connectivity index (χ4v) is 4.17. The summed E-state index contributed by atoms with van der Waals surface area (Å²) in [5, 5.41) is 0. The lowest BCUT2D eigenvalue weighted by Gasteiger charge is -2.43. The molecule has 2 aliphatic heterocycles. The van der Waals surface area contributed by atoms with E-state index in [-0.39, 0.29) is 18.4 Å². The number of carbonyl (C=O) groups excluding carboxylic acids is 2. The summed E-state index contributed by atoms with van der Waals surface area (Å²) < 4.78 is 7.61. The molecule has 3 heterocycles. The smallest absolute Gasteiger partial charge is 0.328 e. The summed E-state index contributed by atoms with van der Waals surface area (Å²) in [6.07, 6.45) is 2.75. The van der Waals surface area contributed by atoms with E-state index < -0.39 is 16.9 Å². The van der Waals surface area contributed by atoms with E-state index >= 15 is 0 Å². The van der Waals surface area contributed by atoms with Crippen LogP contribution in [0.25, 0.3) is 0 Å². The topological polar surface area (TPSA) is 105 Å². The Morgan fingerprint density at radius 3 is 2.67 bits per heavy atom. The zero-order valence-corrected chi connectivity index (χ0v) is 16.8. The second kappa shape index (κ2) is 7.81. The predicted octanol–water partition coefficient (Wildman–Crippen LogP) is 0.339. The Hall–Kier alpha value is -3.36. The van der Waals surface area contributed by atoms with Crippen LogP contribution in [0, 0.1) is 0 Å². The van der Waals surface area contributed by atoms with Crippen molar-refractivity contribution in [3.63, 3.8) is 0 Å². The van der Waals surface area contributed by atoms with Gasteiger partial charge in [-0.05, 0) is 18.9 Å². The zero-order valence-electron chi connectivity index (χ0n) is 16.8. The number of para-hydroxylation sites is 1. The van der Waals surface area contributed by atoms with Gasteiger partial charge in [-0.1, -0.05) is 18.2 Å². The molecule has 0 saturated carbocycles. The minimum atomic E-state index is -0.706. The normalized spacial score (nSPS) is 21.0. The average Bonchev–Trinajstić information content (AvgIpc) is 2.86. The van der Waals surface area contributed by atoms with Gasteiger partial charge in [0.1, 0.15) is 17.9 Å². The Labute approximate surface area is 172 Å². The van der Waals surface area contributed by atoms with E-state index in [0.717, 1.165) is 17.7 Å². The van der Waals surface area contributed by atoms with Crippen molar-refractivity contribution in [3.8, 4) is 5.75 Å². The number of hydrogen-bond acceptors (Lipinski definition) is 5. The first kappa shape index (κ1) is 19.9. The average molecular weight is 412 g/mol. The van der Waals surface area contributed by atoms with Crippen LogP contribution in [0.3, 0.4) is 0 Å². The zero-order chi connectivity index (χ0) is 21.3. The molecule has 1 N–H and O–H groups in total. The maximum atomic E-state index is 12.9. The number of ether oxygens (including phenoxy) is 1. The molecule has 9 heteroatoms. The third-order valence-electron chi connectivity index (χ3n) is 5.68. The molecule has 2 amide bonds. The van der Waals surface area contributed by atoms with Gasteiger partial charge in [-0.3, -0.25) is 23.9 Å². The first-order valence-electron chi connectivity index (χ1n) is 9.95. The van der Waals surface area contributed by atoms with Crippen LogP contribution in [-0.4, -0.2) is 56.4 Å². The summed E-state index contributed by atoms with van der Waals surface area (Å²) in [4.78, 5) is 53.9. The lowest BCUT2D eigenvalue weighted by Crippen LogP contribution is -2.59. The highest BCUT2D eigenvalue weighted by molar-refractivity contribution is 5.76. The van der Waals surface area contributed by atoms with Gasteiger partial charge in [0.25, 0.3) is 5.56 Å². The molecule has 9 nitrogen and oxygen atoms in total. The van der Waals surface area contributed by atoms with E-state index in [1.54, 1.807) is 9.80 Å². The number of benzene rings is 1. The summed E-state index contributed by atoms with van der Waals surface area (Å²) in [6, 6.07) is 8.85. The molecule has 0 unspecified atom stereocenters. The molecular weight excluding hydrogens is 388 g/mol. The number of likely N-dealkylation sites (tertiary alicyclic amines) is 1. The molecule has 1 saturated heterocycles. The van der Waals surface area contributed by atoms with Crippen molar-refractivity contribution in [2.75, 3.05) is 19.6 Å². The van der Waals surface area contributed by atoms with Crippen LogP contribution >= 0.6 is 0 Å². The standard InChI is InChI=1S/C21H24N4O5/c1-15(26)25-11-16-5-2-3-6-17(16)30-21(14-25)8-4-9-24(13-21)19(28)12-23-10-7-18(27)22-20(23)29/h2-3,5-7,10H,4,8-9,11-14H2,1H3,(H,22,27,29)/t21-/m0/s1. The summed E-state index contributed by atoms with van der Waals surface area (Å²) in [5.74, 6) is 0.448. The molecule has 1 fully saturated rings. The number of nitrogens with one attached hydrogen (secondary N) is 1. The second-order valence-corrected chi connectivity index (χ2v) is 7.92. The van der Waals surface area contributed by atoms with Crippen molar-refractivity contribution in [2.24, 2.45) is 0 Å². The Morgan fingerprint density at radius 2 is 1.90 bits per heavy atom. The highest BCUT2D eigenvalue weighted by Gasteiger charge is 2.43. The molecule has 1 aromatic carbocycles. The minimum Gasteiger partial charge on any atom is -0.483 e. The molecule has 2 aliphatic rings. The van der Waals surface area contributed by atoms with Gasteiger partial charge in [0.05, 0.1) is 13.1 Å². The van der Waals surface area contributed by atoms with Gasteiger partial charge in [0, 0.05) is 37.8 Å². The number of H-pyrrole nitrogens is 1. The Kier molecular flexibility index (Phi) is 5.19. The Balaban J connectivity index is 1.58. The summed E-state index contributed by atoms with van der Waals surface area (Å²) in [5.41, 5.74) is -0.893. The van der Waals surface area contributed by atoms with Crippen molar-refractivity contribution >= 4 is 11.8 Å². The Morgan fingerprint density at radius 1 is 1.13 bits per heavy atom. The molecule has 2 aromatic rings. The molecule has 1 aromatic heterocycles. The molecule has 0 bridgehead atoms. The third kappa shape index (κ3) is 4.00. The quantitative estimate of drug-likeness (QED) is 0.766. The van der Waals surface area contributed by atoms with E-state index in [1.165, 1.54) is 23.8 Å². The van der Waals surface area contributed by atoms with Crippen molar-refractivity contribution in [3.05, 3.63) is 62.9 Å². The number of rotatable bonds is 2. The van der Waals surface area contributed by atoms with E-state index in [2.05, 4.69) is 4.98 Å². The van der Waals surface area contributed by atoms with Crippen molar-refractivity contribution in [2.45, 2.75) is 38.5 Å². The maximum Gasteiger partial charge on any atom is 0.328 e. The highest BCUT2D eigenvalue weighted by Crippen LogP contribution is 2.34. The SMILES string of the molecule is CC(=O)N1Cc2ccccc2O[C@]2(CCCN(C(=O)Cn3ccc(=O)[nH]c3=O)C2)C1. The number of carbonyl (C=O) groups is 2. The number of piperidine rings is 1. The highest BCUT2D eigenvalue weighted by atomic mass is 16.5. The number of amides is 2. The van der Waals surface area contributed by atoms with E-state index in [9.17, 15) is 19.2 Å². The van der Waals surface area contributed by atoms with Crippen LogP contribution in [0.15, 0.2) is 46.1 Å². The van der Waals surface area contributed by atoms with E-state index in [4.69, 9.17) is 4.74 Å². The van der Waals surface area contributed by atoms with Gasteiger partial charge in [0.2, 0.25) is 11.8 Å². The van der Waals surface area contributed by atoms with Crippen molar-refractivity contribution in [1.29, 1.82) is 0 Å². The fourth-order valence-electron chi connectivity index (χ4n) is 4.17. The van der Waals surface area contributed by atoms with Crippen molar-refractivity contribution < 1.29 is 14.3 Å². The van der Waals surface area contributed by atoms with Crippen LogP contribution < -0.4 is 16.0 Å². The van der Waals surface area contributed by atoms with Crippen LogP contribution in [0.1, 0.15) is 25.3 Å². The number of aromatic amines is 1. The molecule has 1 atom stereocenters. The molecule has 1 spiro atoms. The monoisotopic (exact) mass is 412 g/mol. The number of nitrogens with zero attached hydrogens (tertiary/aromatic N) is 3. The van der Waals surface area contributed by atoms with E-state index in [0.29, 0.717) is 32.6 Å². The fraction of sp³-hybridized carbons (Fsp3) is 0.429. The van der Waals surface area contributed by atoms with Gasteiger partial charge < -0.3 is 14.5 Å². The first-order chi connectivity index (χ1) is 14.3. The lowest BCUT2D eigenvalue weighted by molar-refractivity contribution is -0.140. The van der Waals surface area contributed by atoms with E-state index in [1.807, 2.05) is 24.3 Å². The van der Waals surface area contributed by atoms with Gasteiger partial charge in [-0.2, -0.15) is 0 Å². The van der Waals surface area contributed by atoms with Gasteiger partial charge in [-0.15, -0.1) is 0 Å². The molecule has 30 heavy (non-hydrogen) atoms. The molecule has 4 rings (SSSR count). The maximum absolute atomic E-state index is 12.9. The van der Waals surface area contributed by atoms with Crippen LogP contribution in [-0.2, 0) is 22.7 Å². The second-order valence-electron chi connectivity index (χ2n) is 7.92. The number of hydrogen-bond donors (Lipinski definition) is 1. The molecule has 0 aliphatic carbocycles. The number of fused-ring (bicyclic) bond motifs is 1. The van der Waals surface area contributed by atoms with Crippen molar-refractivity contribution in [1.82, 2.24) is 19.4 Å². The first-order valence-corrected chi connectivity index (χ1v) is 9.95. The number of aromatic nitrogens is 2. The van der Waals surface area contributed by atoms with Crippen LogP contribution in [0.4, 0.5) is 0 Å². The van der Waals surface area contributed by atoms with Crippen LogP contribution in [0.5, 0.6) is 5.75 Å². The summed E-state index contributed by atoms with van der Waals surface area (Å²) in [7, 11) is 0. The summed E-state index contributed by atoms with van der Waals surface area (Å²) in [6.45, 7) is 3.09. The predicted molar refractivity (Wildman–Crippen MR) is 108 cm³/mol. The summed E-state index contributed by atoms with van der Waals surface area (Å²) >= 11 is 0. The third-order valence-corrected chi connectivity index (χ3v) is 5.68. The molecule has 158 valence electrons. The molecule has 0 radical (unpaired) electrons.